The molecule has 0 aliphatic rings. The van der Waals surface area contributed by atoms with Crippen LogP contribution in [0.2, 0.25) is 0 Å². The fourth-order valence-corrected chi connectivity index (χ4v) is 0.710. The van der Waals surface area contributed by atoms with Crippen LogP contribution in [0.4, 0.5) is 0 Å². The summed E-state index contributed by atoms with van der Waals surface area (Å²) < 4.78 is 0. The van der Waals surface area contributed by atoms with Crippen molar-refractivity contribution in [3.05, 3.63) is 42.7 Å². The van der Waals surface area contributed by atoms with Crippen LogP contribution in [-0.4, -0.2) is 0 Å². The van der Waals surface area contributed by atoms with Crippen LogP contribution in [-0.2, 0) is 0 Å². The molecule has 0 saturated carbocycles. The lowest BCUT2D eigenvalue weighted by Crippen LogP contribution is -1.63. The Hall–Kier alpha value is -1.00. The lowest BCUT2D eigenvalue weighted by molar-refractivity contribution is 1.05. The van der Waals surface area contributed by atoms with Gasteiger partial charge >= 0.3 is 0 Å². The van der Waals surface area contributed by atoms with E-state index in [9.17, 15) is 0 Å². The molecule has 0 aliphatic heterocycles. The maximum Gasteiger partial charge on any atom is -0.0169 e. The van der Waals surface area contributed by atoms with Crippen molar-refractivity contribution in [2.45, 2.75) is 26.2 Å². The van der Waals surface area contributed by atoms with Gasteiger partial charge in [-0.25, -0.2) is 0 Å². The Bertz CT molecular complexity index is 166. The van der Waals surface area contributed by atoms with Gasteiger partial charge in [-0.3, -0.25) is 0 Å². The van der Waals surface area contributed by atoms with E-state index >= 15 is 0 Å². The molecule has 0 N–H and O–H groups in total. The minimum atomic E-state index is 1.05. The van der Waals surface area contributed by atoms with Crippen LogP contribution in [0.5, 0.6) is 0 Å². The Kier molecular flexibility index (Phi) is 8.18. The number of allylic oxidation sites excluding steroid dienone is 5. The third-order valence-electron chi connectivity index (χ3n) is 1.30. The van der Waals surface area contributed by atoms with Gasteiger partial charge < -0.3 is 0 Å². The van der Waals surface area contributed by atoms with Crippen LogP contribution in [0.25, 0.3) is 0 Å². The van der Waals surface area contributed by atoms with Crippen molar-refractivity contribution in [1.29, 1.82) is 0 Å². The Labute approximate surface area is 69.6 Å². The molecule has 0 rings (SSSR count). The second-order valence-electron chi connectivity index (χ2n) is 2.26. The molecule has 0 aliphatic carbocycles. The summed E-state index contributed by atoms with van der Waals surface area (Å²) >= 11 is 0. The van der Waals surface area contributed by atoms with Crippen molar-refractivity contribution >= 4 is 0 Å². The van der Waals surface area contributed by atoms with Crippen molar-refractivity contribution in [1.82, 2.24) is 0 Å². The molecule has 0 spiro atoms. The molecule has 0 unspecified atom stereocenters. The van der Waals surface area contributed by atoms with Gasteiger partial charge in [-0.2, -0.15) is 0 Å². The van der Waals surface area contributed by atoms with E-state index in [0.717, 1.165) is 19.3 Å². The molecule has 0 radical (unpaired) electrons. The quantitative estimate of drug-likeness (QED) is 0.317. The highest BCUT2D eigenvalue weighted by Crippen LogP contribution is 1.93. The van der Waals surface area contributed by atoms with E-state index in [2.05, 4.69) is 36.6 Å². The second-order valence-corrected chi connectivity index (χ2v) is 2.26. The predicted octanol–water partition coefficient (Wildman–Crippen LogP) is 3.63. The van der Waals surface area contributed by atoms with E-state index in [1.54, 1.807) is 0 Å². The van der Waals surface area contributed by atoms with E-state index in [4.69, 9.17) is 0 Å². The standard InChI is InChI=1S/C11H16/c1-3-5-7-9-11-10-8-6-4-2/h4-6,10-11H,1,7-9H2,2H3. The molecular formula is C11H16. The van der Waals surface area contributed by atoms with Gasteiger partial charge in [-0.15, -0.1) is 5.73 Å². The zero-order valence-electron chi connectivity index (χ0n) is 7.22. The molecule has 0 bridgehead atoms. The normalized spacial score (nSPS) is 10.6. The minimum absolute atomic E-state index is 1.05. The van der Waals surface area contributed by atoms with E-state index in [0.29, 0.717) is 0 Å². The fraction of sp³-hybridized carbons (Fsp3) is 0.364. The fourth-order valence-electron chi connectivity index (χ4n) is 0.710. The smallest absolute Gasteiger partial charge is 0.0169 e. The highest BCUT2D eigenvalue weighted by Gasteiger charge is 1.73. The van der Waals surface area contributed by atoms with E-state index in [1.807, 2.05) is 13.0 Å². The van der Waals surface area contributed by atoms with E-state index in [1.165, 1.54) is 0 Å². The van der Waals surface area contributed by atoms with Crippen molar-refractivity contribution in [2.24, 2.45) is 0 Å². The number of rotatable bonds is 5. The number of hydrogen-bond acceptors (Lipinski definition) is 0. The largest absolute Gasteiger partial charge is 0.133 e. The summed E-state index contributed by atoms with van der Waals surface area (Å²) in [6.07, 6.45) is 13.7. The van der Waals surface area contributed by atoms with E-state index in [-0.39, 0.29) is 0 Å². The van der Waals surface area contributed by atoms with Gasteiger partial charge in [0, 0.05) is 0 Å². The molecule has 11 heavy (non-hydrogen) atoms. The predicted molar refractivity (Wildman–Crippen MR) is 51.5 cm³/mol. The maximum absolute atomic E-state index is 3.49. The van der Waals surface area contributed by atoms with Gasteiger partial charge in [-0.05, 0) is 32.3 Å². The highest BCUT2D eigenvalue weighted by atomic mass is 13.8. The first kappa shape index (κ1) is 10.0. The average Bonchev–Trinajstić information content (AvgIpc) is 2.03. The molecule has 0 aromatic heterocycles. The highest BCUT2D eigenvalue weighted by molar-refractivity contribution is 4.92. The van der Waals surface area contributed by atoms with Crippen molar-refractivity contribution in [3.63, 3.8) is 0 Å². The van der Waals surface area contributed by atoms with Crippen molar-refractivity contribution in [3.8, 4) is 0 Å². The third-order valence-corrected chi connectivity index (χ3v) is 1.30. The molecular weight excluding hydrogens is 132 g/mol. The Morgan fingerprint density at radius 2 is 2.00 bits per heavy atom. The summed E-state index contributed by atoms with van der Waals surface area (Å²) in [6, 6.07) is 0. The maximum atomic E-state index is 3.49. The molecule has 0 nitrogen and oxygen atoms in total. The molecule has 0 aromatic carbocycles. The molecule has 0 heterocycles. The molecule has 0 fully saturated rings. The molecule has 0 aromatic rings. The summed E-state index contributed by atoms with van der Waals surface area (Å²) in [5, 5.41) is 0. The Morgan fingerprint density at radius 1 is 1.18 bits per heavy atom. The lowest BCUT2D eigenvalue weighted by Gasteiger charge is -1.83. The molecule has 0 saturated heterocycles. The molecule has 0 amide bonds. The van der Waals surface area contributed by atoms with E-state index < -0.39 is 0 Å². The van der Waals surface area contributed by atoms with Gasteiger partial charge in [0.25, 0.3) is 0 Å². The molecule has 60 valence electrons. The van der Waals surface area contributed by atoms with Crippen LogP contribution in [0, 0.1) is 0 Å². The number of unbranched alkanes of at least 4 members (excludes halogenated alkanes) is 1. The molecule has 0 heteroatoms. The summed E-state index contributed by atoms with van der Waals surface area (Å²) in [5.41, 5.74) is 2.75. The minimum Gasteiger partial charge on any atom is -0.133 e. The van der Waals surface area contributed by atoms with Crippen LogP contribution >= 0.6 is 0 Å². The summed E-state index contributed by atoms with van der Waals surface area (Å²) in [4.78, 5) is 0. The van der Waals surface area contributed by atoms with Gasteiger partial charge in [0.1, 0.15) is 0 Å². The Balaban J connectivity index is 3.22. The monoisotopic (exact) mass is 148 g/mol. The van der Waals surface area contributed by atoms with Gasteiger partial charge in [0.05, 0.1) is 0 Å². The van der Waals surface area contributed by atoms with Gasteiger partial charge in [0.15, 0.2) is 0 Å². The number of hydrogen-bond donors (Lipinski definition) is 0. The van der Waals surface area contributed by atoms with Crippen LogP contribution in [0.15, 0.2) is 42.7 Å². The third kappa shape index (κ3) is 9.00. The first-order valence-corrected chi connectivity index (χ1v) is 4.02. The van der Waals surface area contributed by atoms with Gasteiger partial charge in [0.2, 0.25) is 0 Å². The lowest BCUT2D eigenvalue weighted by atomic mass is 10.2. The van der Waals surface area contributed by atoms with Crippen molar-refractivity contribution in [2.75, 3.05) is 0 Å². The van der Waals surface area contributed by atoms with Crippen LogP contribution < -0.4 is 0 Å². The zero-order valence-corrected chi connectivity index (χ0v) is 7.22. The average molecular weight is 148 g/mol. The first-order valence-electron chi connectivity index (χ1n) is 4.02. The SMILES string of the molecule is C=C=CCCC=CCC=CC. The van der Waals surface area contributed by atoms with Crippen molar-refractivity contribution < 1.29 is 0 Å². The summed E-state index contributed by atoms with van der Waals surface area (Å²) in [6.45, 7) is 5.53. The summed E-state index contributed by atoms with van der Waals surface area (Å²) in [5.74, 6) is 0. The molecule has 0 atom stereocenters. The van der Waals surface area contributed by atoms with Crippen LogP contribution in [0.1, 0.15) is 26.2 Å². The van der Waals surface area contributed by atoms with Crippen LogP contribution in [0.3, 0.4) is 0 Å². The first-order chi connectivity index (χ1) is 5.41. The zero-order chi connectivity index (χ0) is 8.36. The Morgan fingerprint density at radius 3 is 2.64 bits per heavy atom. The second kappa shape index (κ2) is 9.00. The topological polar surface area (TPSA) is 0 Å². The summed E-state index contributed by atoms with van der Waals surface area (Å²) in [7, 11) is 0. The van der Waals surface area contributed by atoms with Gasteiger partial charge in [-0.1, -0.05) is 30.9 Å².